The molecule has 3 heterocycles. The van der Waals surface area contributed by atoms with Gasteiger partial charge in [0.25, 0.3) is 0 Å². The first-order valence-electron chi connectivity index (χ1n) is 14.0. The average Bonchev–Trinajstić information content (AvgIpc) is 3.08. The first-order chi connectivity index (χ1) is 20.8. The van der Waals surface area contributed by atoms with Crippen molar-refractivity contribution >= 4 is 32.4 Å². The van der Waals surface area contributed by atoms with Crippen LogP contribution in [0.25, 0.3) is 77.7 Å². The van der Waals surface area contributed by atoms with Crippen LogP contribution in [-0.2, 0) is 0 Å². The van der Waals surface area contributed by atoms with Gasteiger partial charge in [-0.2, -0.15) is 0 Å². The maximum absolute atomic E-state index is 5.14. The second kappa shape index (κ2) is 10.0. The molecule has 0 bridgehead atoms. The number of nitrogens with zero attached hydrogens (tertiary/aromatic N) is 4. The van der Waals surface area contributed by atoms with Crippen molar-refractivity contribution in [3.05, 3.63) is 146 Å². The molecule has 42 heavy (non-hydrogen) atoms. The zero-order valence-corrected chi connectivity index (χ0v) is 22.6. The zero-order chi connectivity index (χ0) is 27.9. The molecule has 0 N–H and O–H groups in total. The van der Waals surface area contributed by atoms with Crippen LogP contribution < -0.4 is 0 Å². The highest BCUT2D eigenvalue weighted by molar-refractivity contribution is 6.22. The molecular weight excluding hydrogens is 512 g/mol. The van der Waals surface area contributed by atoms with Crippen LogP contribution in [0.3, 0.4) is 0 Å². The molecule has 0 aliphatic heterocycles. The standard InChI is InChI=1S/C38H24N4/c1-3-12-26(13-4-1)33-24-34(27-14-5-2-6-15-27)42-38(41-33)28-21-22-39-35(23-28)37-31-20-19-25-11-7-8-16-29(25)36(31)30-17-9-10-18-32(30)40-37/h1-24H. The maximum atomic E-state index is 5.14. The van der Waals surface area contributed by atoms with E-state index in [1.165, 1.54) is 16.2 Å². The molecule has 0 radical (unpaired) electrons. The van der Waals surface area contributed by atoms with Crippen molar-refractivity contribution in [3.8, 4) is 45.3 Å². The molecule has 0 aliphatic carbocycles. The van der Waals surface area contributed by atoms with E-state index < -0.39 is 0 Å². The SMILES string of the molecule is c1ccc(-c2cc(-c3ccccc3)nc(-c3ccnc(-c4nc5ccccc5c5c4ccc4ccccc45)c3)n2)cc1. The summed E-state index contributed by atoms with van der Waals surface area (Å²) in [4.78, 5) is 20.0. The third-order valence-electron chi connectivity index (χ3n) is 7.72. The van der Waals surface area contributed by atoms with Gasteiger partial charge in [-0.15, -0.1) is 0 Å². The van der Waals surface area contributed by atoms with Crippen LogP contribution in [0.4, 0.5) is 0 Å². The van der Waals surface area contributed by atoms with Gasteiger partial charge in [0.15, 0.2) is 5.82 Å². The highest BCUT2D eigenvalue weighted by atomic mass is 14.9. The Morgan fingerprint density at radius 3 is 1.79 bits per heavy atom. The molecule has 4 heteroatoms. The van der Waals surface area contributed by atoms with Gasteiger partial charge in [0, 0.05) is 39.0 Å². The summed E-state index contributed by atoms with van der Waals surface area (Å²) in [6, 6.07) is 47.7. The van der Waals surface area contributed by atoms with Crippen LogP contribution in [-0.4, -0.2) is 19.9 Å². The molecule has 0 amide bonds. The quantitative estimate of drug-likeness (QED) is 0.210. The molecule has 0 fully saturated rings. The van der Waals surface area contributed by atoms with Gasteiger partial charge in [-0.3, -0.25) is 4.98 Å². The summed E-state index contributed by atoms with van der Waals surface area (Å²) >= 11 is 0. The van der Waals surface area contributed by atoms with Crippen LogP contribution in [0.5, 0.6) is 0 Å². The van der Waals surface area contributed by atoms with E-state index in [-0.39, 0.29) is 0 Å². The minimum Gasteiger partial charge on any atom is -0.255 e. The zero-order valence-electron chi connectivity index (χ0n) is 22.6. The van der Waals surface area contributed by atoms with Crippen molar-refractivity contribution < 1.29 is 0 Å². The van der Waals surface area contributed by atoms with Crippen LogP contribution in [0.15, 0.2) is 146 Å². The van der Waals surface area contributed by atoms with E-state index in [1.54, 1.807) is 0 Å². The molecule has 8 rings (SSSR count). The molecule has 4 nitrogen and oxygen atoms in total. The Balaban J connectivity index is 1.35. The Morgan fingerprint density at radius 2 is 1.05 bits per heavy atom. The molecular formula is C38H24N4. The Labute approximate surface area is 243 Å². The first kappa shape index (κ1) is 24.1. The van der Waals surface area contributed by atoms with Gasteiger partial charge >= 0.3 is 0 Å². The Morgan fingerprint density at radius 1 is 0.405 bits per heavy atom. The normalized spacial score (nSPS) is 11.3. The molecule has 5 aromatic carbocycles. The minimum atomic E-state index is 0.648. The molecule has 0 saturated heterocycles. The predicted octanol–water partition coefficient (Wildman–Crippen LogP) is 9.39. The number of fused-ring (bicyclic) bond motifs is 5. The summed E-state index contributed by atoms with van der Waals surface area (Å²) in [6.45, 7) is 0. The number of benzene rings is 5. The molecule has 0 saturated carbocycles. The van der Waals surface area contributed by atoms with E-state index in [1.807, 2.05) is 54.7 Å². The van der Waals surface area contributed by atoms with Crippen LogP contribution in [0.1, 0.15) is 0 Å². The van der Waals surface area contributed by atoms with Crippen LogP contribution in [0, 0.1) is 0 Å². The van der Waals surface area contributed by atoms with Crippen molar-refractivity contribution in [1.82, 2.24) is 19.9 Å². The summed E-state index contributed by atoms with van der Waals surface area (Å²) in [5, 5.41) is 5.80. The summed E-state index contributed by atoms with van der Waals surface area (Å²) in [7, 11) is 0. The number of rotatable bonds is 4. The number of pyridine rings is 2. The van der Waals surface area contributed by atoms with E-state index in [0.717, 1.165) is 55.8 Å². The van der Waals surface area contributed by atoms with Crippen molar-refractivity contribution in [2.24, 2.45) is 0 Å². The molecule has 0 spiro atoms. The molecule has 8 aromatic rings. The largest absolute Gasteiger partial charge is 0.255 e. The Kier molecular flexibility index (Phi) is 5.75. The van der Waals surface area contributed by atoms with Gasteiger partial charge in [0.05, 0.1) is 28.3 Å². The molecule has 0 unspecified atom stereocenters. The summed E-state index contributed by atoms with van der Waals surface area (Å²) in [5.41, 5.74) is 7.30. The molecule has 0 atom stereocenters. The van der Waals surface area contributed by atoms with Crippen molar-refractivity contribution in [2.45, 2.75) is 0 Å². The molecule has 3 aromatic heterocycles. The summed E-state index contributed by atoms with van der Waals surface area (Å²) in [6.07, 6.45) is 1.83. The van der Waals surface area contributed by atoms with E-state index in [9.17, 15) is 0 Å². The Bertz CT molecular complexity index is 2170. The lowest BCUT2D eigenvalue weighted by molar-refractivity contribution is 1.17. The summed E-state index contributed by atoms with van der Waals surface area (Å²) < 4.78 is 0. The lowest BCUT2D eigenvalue weighted by Crippen LogP contribution is -1.97. The highest BCUT2D eigenvalue weighted by Crippen LogP contribution is 2.37. The average molecular weight is 537 g/mol. The third kappa shape index (κ3) is 4.18. The second-order valence-corrected chi connectivity index (χ2v) is 10.3. The smallest absolute Gasteiger partial charge is 0.160 e. The number of hydrogen-bond acceptors (Lipinski definition) is 4. The Hall–Kier alpha value is -5.74. The lowest BCUT2D eigenvalue weighted by atomic mass is 9.96. The predicted molar refractivity (Wildman–Crippen MR) is 172 cm³/mol. The van der Waals surface area contributed by atoms with E-state index >= 15 is 0 Å². The minimum absolute atomic E-state index is 0.648. The number of para-hydroxylation sites is 1. The second-order valence-electron chi connectivity index (χ2n) is 10.3. The van der Waals surface area contributed by atoms with Gasteiger partial charge in [-0.1, -0.05) is 115 Å². The third-order valence-corrected chi connectivity index (χ3v) is 7.72. The topological polar surface area (TPSA) is 51.6 Å². The summed E-state index contributed by atoms with van der Waals surface area (Å²) in [5.74, 6) is 0.648. The first-order valence-corrected chi connectivity index (χ1v) is 14.0. The van der Waals surface area contributed by atoms with E-state index in [4.69, 9.17) is 19.9 Å². The van der Waals surface area contributed by atoms with Gasteiger partial charge in [-0.25, -0.2) is 15.0 Å². The fraction of sp³-hybridized carbons (Fsp3) is 0. The van der Waals surface area contributed by atoms with Crippen molar-refractivity contribution in [1.29, 1.82) is 0 Å². The van der Waals surface area contributed by atoms with Gasteiger partial charge in [0.2, 0.25) is 0 Å². The van der Waals surface area contributed by atoms with E-state index in [2.05, 4.69) is 91.0 Å². The van der Waals surface area contributed by atoms with Crippen LogP contribution >= 0.6 is 0 Å². The lowest BCUT2D eigenvalue weighted by Gasteiger charge is -2.13. The molecule has 196 valence electrons. The van der Waals surface area contributed by atoms with Gasteiger partial charge in [0.1, 0.15) is 0 Å². The van der Waals surface area contributed by atoms with Gasteiger partial charge < -0.3 is 0 Å². The van der Waals surface area contributed by atoms with E-state index in [0.29, 0.717) is 5.82 Å². The number of hydrogen-bond donors (Lipinski definition) is 0. The fourth-order valence-corrected chi connectivity index (χ4v) is 5.71. The number of aromatic nitrogens is 4. The highest BCUT2D eigenvalue weighted by Gasteiger charge is 2.16. The molecule has 0 aliphatic rings. The fourth-order valence-electron chi connectivity index (χ4n) is 5.71. The van der Waals surface area contributed by atoms with Crippen molar-refractivity contribution in [2.75, 3.05) is 0 Å². The maximum Gasteiger partial charge on any atom is 0.160 e. The van der Waals surface area contributed by atoms with Crippen LogP contribution in [0.2, 0.25) is 0 Å². The van der Waals surface area contributed by atoms with Crippen molar-refractivity contribution in [3.63, 3.8) is 0 Å². The monoisotopic (exact) mass is 536 g/mol. The van der Waals surface area contributed by atoms with Gasteiger partial charge in [-0.05, 0) is 35.0 Å².